The number of nitrogens with zero attached hydrogens (tertiary/aromatic N) is 5. The number of likely N-dealkylation sites (tertiary alicyclic amines) is 1. The number of alkyl halides is 3. The number of benzene rings is 2. The van der Waals surface area contributed by atoms with E-state index in [1.165, 1.54) is 37.8 Å². The molecule has 2 aromatic carbocycles. The van der Waals surface area contributed by atoms with E-state index in [4.69, 9.17) is 0 Å². The van der Waals surface area contributed by atoms with Crippen molar-refractivity contribution in [3.8, 4) is 0 Å². The first-order valence-corrected chi connectivity index (χ1v) is 13.1. The van der Waals surface area contributed by atoms with Gasteiger partial charge in [-0.1, -0.05) is 42.5 Å². The number of nitrogens with one attached hydrogen (secondary N) is 2. The fraction of sp³-hybridized carbons (Fsp3) is 0.310. The number of halogens is 3. The Bertz CT molecular complexity index is 1390. The van der Waals surface area contributed by atoms with Crippen molar-refractivity contribution in [3.05, 3.63) is 107 Å². The minimum Gasteiger partial charge on any atom is -0.347 e. The van der Waals surface area contributed by atoms with E-state index >= 15 is 0 Å². The molecule has 0 spiro atoms. The average Bonchev–Trinajstić information content (AvgIpc) is 3.48. The van der Waals surface area contributed by atoms with E-state index in [0.717, 1.165) is 11.3 Å². The largest absolute Gasteiger partial charge is 0.416 e. The lowest BCUT2D eigenvalue weighted by molar-refractivity contribution is -0.138. The lowest BCUT2D eigenvalue weighted by Crippen LogP contribution is -2.49. The van der Waals surface area contributed by atoms with Crippen LogP contribution in [0.5, 0.6) is 0 Å². The van der Waals surface area contributed by atoms with Crippen molar-refractivity contribution in [2.45, 2.75) is 44.6 Å². The van der Waals surface area contributed by atoms with Crippen molar-refractivity contribution in [1.29, 1.82) is 0 Å². The first-order chi connectivity index (χ1) is 19.3. The first-order valence-electron chi connectivity index (χ1n) is 13.1. The molecule has 0 bridgehead atoms. The van der Waals surface area contributed by atoms with Gasteiger partial charge in [0.1, 0.15) is 0 Å². The minimum absolute atomic E-state index is 0.0718. The van der Waals surface area contributed by atoms with Crippen molar-refractivity contribution < 1.29 is 18.0 Å². The van der Waals surface area contributed by atoms with E-state index in [1.54, 1.807) is 18.3 Å². The number of carbonyl (C=O) groups is 1. The van der Waals surface area contributed by atoms with Gasteiger partial charge >= 0.3 is 12.2 Å². The molecule has 1 fully saturated rings. The van der Waals surface area contributed by atoms with Gasteiger partial charge in [-0.3, -0.25) is 4.90 Å². The maximum atomic E-state index is 13.7. The molecule has 1 aliphatic heterocycles. The lowest BCUT2D eigenvalue weighted by Gasteiger charge is -2.41. The van der Waals surface area contributed by atoms with Crippen molar-refractivity contribution in [2.75, 3.05) is 18.4 Å². The molecule has 1 saturated heterocycles. The maximum Gasteiger partial charge on any atom is 0.416 e. The summed E-state index contributed by atoms with van der Waals surface area (Å²) < 4.78 is 41.2. The number of piperidine rings is 1. The summed E-state index contributed by atoms with van der Waals surface area (Å²) in [6.45, 7) is 3.06. The molecule has 11 heteroatoms. The quantitative estimate of drug-likeness (QED) is 0.304. The Morgan fingerprint density at radius 3 is 2.52 bits per heavy atom. The molecule has 40 heavy (non-hydrogen) atoms. The van der Waals surface area contributed by atoms with E-state index < -0.39 is 17.8 Å². The third-order valence-corrected chi connectivity index (χ3v) is 7.29. The van der Waals surface area contributed by atoms with E-state index in [1.807, 2.05) is 35.2 Å². The van der Waals surface area contributed by atoms with E-state index in [-0.39, 0.29) is 17.6 Å². The van der Waals surface area contributed by atoms with Crippen LogP contribution in [0, 0.1) is 6.92 Å². The zero-order valence-electron chi connectivity index (χ0n) is 22.0. The van der Waals surface area contributed by atoms with Crippen LogP contribution in [0.4, 0.5) is 23.7 Å². The van der Waals surface area contributed by atoms with Crippen LogP contribution >= 0.6 is 0 Å². The summed E-state index contributed by atoms with van der Waals surface area (Å²) in [4.78, 5) is 24.6. The lowest BCUT2D eigenvalue weighted by atomic mass is 9.94. The Kier molecular flexibility index (Phi) is 8.11. The number of aromatic nitrogens is 4. The molecule has 2 N–H and O–H groups in total. The van der Waals surface area contributed by atoms with Crippen molar-refractivity contribution in [2.24, 2.45) is 0 Å². The number of H-pyrrole nitrogens is 1. The molecule has 208 valence electrons. The minimum atomic E-state index is -4.44. The third-order valence-electron chi connectivity index (χ3n) is 7.29. The second kappa shape index (κ2) is 11.9. The standard InChI is InChI=1S/C29H30F3N7O/c1-20-7-8-22(15-25(20)29(30,31)32)27(26-17-33-19-34-26)38-13-10-24(11-14-38)39(18-21-5-3-2-4-6-21)28(40)37-23-9-12-35-36-16-23/h2-9,12,15-17,19,24,27H,10-11,13-14,18H2,1H3,(H,33,34)(H,35,37,40). The topological polar surface area (TPSA) is 90.0 Å². The molecular formula is C29H30F3N7O. The molecule has 1 aliphatic rings. The van der Waals surface area contributed by atoms with Gasteiger partial charge in [0.15, 0.2) is 0 Å². The summed E-state index contributed by atoms with van der Waals surface area (Å²) in [7, 11) is 0. The van der Waals surface area contributed by atoms with Gasteiger partial charge in [0.2, 0.25) is 0 Å². The number of anilines is 1. The number of carbonyl (C=O) groups excluding carboxylic acids is 1. The molecule has 2 aromatic heterocycles. The predicted octanol–water partition coefficient (Wildman–Crippen LogP) is 5.82. The van der Waals surface area contributed by atoms with E-state index in [2.05, 4.69) is 30.4 Å². The van der Waals surface area contributed by atoms with Crippen molar-refractivity contribution >= 4 is 11.7 Å². The SMILES string of the molecule is Cc1ccc(C(c2cnc[nH]2)N2CCC(N(Cc3ccccc3)C(=O)Nc3ccnnc3)CC2)cc1C(F)(F)F. The Balaban J connectivity index is 1.37. The number of amides is 2. The van der Waals surface area contributed by atoms with Gasteiger partial charge in [0.25, 0.3) is 0 Å². The predicted molar refractivity (Wildman–Crippen MR) is 144 cm³/mol. The summed E-state index contributed by atoms with van der Waals surface area (Å²) in [5.41, 5.74) is 2.37. The highest BCUT2D eigenvalue weighted by atomic mass is 19.4. The summed E-state index contributed by atoms with van der Waals surface area (Å²) in [5.74, 6) is 0. The Labute approximate surface area is 230 Å². The molecule has 3 heterocycles. The second-order valence-electron chi connectivity index (χ2n) is 9.92. The Morgan fingerprint density at radius 2 is 1.88 bits per heavy atom. The first kappa shape index (κ1) is 27.3. The molecule has 2 amide bonds. The van der Waals surface area contributed by atoms with Gasteiger partial charge in [-0.05, 0) is 48.6 Å². The Hall–Kier alpha value is -4.25. The molecule has 8 nitrogen and oxygen atoms in total. The molecule has 1 atom stereocenters. The molecular weight excluding hydrogens is 519 g/mol. The fourth-order valence-electron chi connectivity index (χ4n) is 5.28. The molecule has 5 rings (SSSR count). The zero-order valence-corrected chi connectivity index (χ0v) is 22.0. The van der Waals surface area contributed by atoms with Gasteiger partial charge in [-0.25, -0.2) is 9.78 Å². The van der Waals surface area contributed by atoms with Crippen LogP contribution in [0.2, 0.25) is 0 Å². The van der Waals surface area contributed by atoms with Gasteiger partial charge in [-0.15, -0.1) is 0 Å². The number of urea groups is 1. The summed E-state index contributed by atoms with van der Waals surface area (Å²) in [5, 5.41) is 10.5. The second-order valence-corrected chi connectivity index (χ2v) is 9.92. The number of aryl methyl sites for hydroxylation is 1. The number of hydrogen-bond donors (Lipinski definition) is 2. The van der Waals surface area contributed by atoms with Crippen molar-refractivity contribution in [1.82, 2.24) is 30.0 Å². The highest BCUT2D eigenvalue weighted by Gasteiger charge is 2.36. The average molecular weight is 550 g/mol. The monoisotopic (exact) mass is 549 g/mol. The molecule has 0 radical (unpaired) electrons. The molecule has 0 saturated carbocycles. The normalized spacial score (nSPS) is 15.5. The molecule has 4 aromatic rings. The van der Waals surface area contributed by atoms with Crippen LogP contribution in [-0.2, 0) is 12.7 Å². The Morgan fingerprint density at radius 1 is 1.10 bits per heavy atom. The zero-order chi connectivity index (χ0) is 28.1. The number of hydrogen-bond acceptors (Lipinski definition) is 5. The third kappa shape index (κ3) is 6.31. The van der Waals surface area contributed by atoms with Crippen molar-refractivity contribution in [3.63, 3.8) is 0 Å². The van der Waals surface area contributed by atoms with Crippen LogP contribution in [0.15, 0.2) is 79.5 Å². The number of imidazole rings is 1. The number of rotatable bonds is 7. The van der Waals surface area contributed by atoms with Crippen LogP contribution in [-0.4, -0.2) is 55.1 Å². The summed E-state index contributed by atoms with van der Waals surface area (Å²) in [6.07, 6.45) is 3.05. The van der Waals surface area contributed by atoms with Crippen LogP contribution in [0.3, 0.4) is 0 Å². The maximum absolute atomic E-state index is 13.7. The fourth-order valence-corrected chi connectivity index (χ4v) is 5.28. The molecule has 1 unspecified atom stereocenters. The van der Waals surface area contributed by atoms with E-state index in [0.29, 0.717) is 43.7 Å². The summed E-state index contributed by atoms with van der Waals surface area (Å²) in [6, 6.07) is 15.2. The van der Waals surface area contributed by atoms with Crippen LogP contribution in [0.25, 0.3) is 0 Å². The molecule has 0 aliphatic carbocycles. The number of aromatic amines is 1. The van der Waals surface area contributed by atoms with Crippen LogP contribution in [0.1, 0.15) is 46.8 Å². The highest BCUT2D eigenvalue weighted by molar-refractivity contribution is 5.89. The van der Waals surface area contributed by atoms with Crippen LogP contribution < -0.4 is 5.32 Å². The summed E-state index contributed by atoms with van der Waals surface area (Å²) >= 11 is 0. The van der Waals surface area contributed by atoms with Gasteiger partial charge in [-0.2, -0.15) is 23.4 Å². The van der Waals surface area contributed by atoms with Gasteiger partial charge in [0, 0.05) is 31.9 Å². The van der Waals surface area contributed by atoms with Gasteiger partial charge < -0.3 is 15.2 Å². The highest BCUT2D eigenvalue weighted by Crippen LogP contribution is 2.37. The smallest absolute Gasteiger partial charge is 0.347 e. The van der Waals surface area contributed by atoms with Gasteiger partial charge in [0.05, 0.1) is 41.7 Å². The van der Waals surface area contributed by atoms with E-state index in [9.17, 15) is 18.0 Å².